The predicted octanol–water partition coefficient (Wildman–Crippen LogP) is 0.477. The Labute approximate surface area is 107 Å². The third kappa shape index (κ3) is 2.87. The zero-order valence-corrected chi connectivity index (χ0v) is 11.3. The van der Waals surface area contributed by atoms with Crippen LogP contribution in [0.5, 0.6) is 0 Å². The number of nitrogens with zero attached hydrogens (tertiary/aromatic N) is 4. The van der Waals surface area contributed by atoms with E-state index in [2.05, 4.69) is 15.5 Å². The maximum Gasteiger partial charge on any atom is 0.236 e. The lowest BCUT2D eigenvalue weighted by atomic mass is 10.3. The molecule has 1 aromatic heterocycles. The van der Waals surface area contributed by atoms with Crippen LogP contribution in [-0.2, 0) is 11.8 Å². The second kappa shape index (κ2) is 5.48. The first kappa shape index (κ1) is 13.0. The number of rotatable bonds is 6. The number of aryl methyl sites for hydroxylation is 1. The molecule has 1 unspecified atom stereocenters. The molecule has 1 aliphatic carbocycles. The number of nitrogens with one attached hydrogen (secondary N) is 1. The summed E-state index contributed by atoms with van der Waals surface area (Å²) in [7, 11) is 1.90. The number of amides is 1. The molecule has 6 heteroatoms. The van der Waals surface area contributed by atoms with Gasteiger partial charge >= 0.3 is 0 Å². The molecule has 0 radical (unpaired) electrons. The molecule has 0 saturated heterocycles. The van der Waals surface area contributed by atoms with Crippen LogP contribution in [0, 0.1) is 0 Å². The van der Waals surface area contributed by atoms with Crippen molar-refractivity contribution in [1.29, 1.82) is 0 Å². The van der Waals surface area contributed by atoms with Crippen LogP contribution in [0.25, 0.3) is 0 Å². The highest BCUT2D eigenvalue weighted by molar-refractivity contribution is 5.78. The van der Waals surface area contributed by atoms with Crippen LogP contribution >= 0.6 is 0 Å². The Balaban J connectivity index is 1.83. The summed E-state index contributed by atoms with van der Waals surface area (Å²) in [6, 6.07) is 0.508. The fourth-order valence-corrected chi connectivity index (χ4v) is 2.14. The fraction of sp³-hybridized carbons (Fsp3) is 0.750. The molecule has 0 aromatic carbocycles. The highest BCUT2D eigenvalue weighted by atomic mass is 16.2. The van der Waals surface area contributed by atoms with E-state index in [1.807, 2.05) is 30.4 Å². The molecule has 1 aromatic rings. The molecule has 2 rings (SSSR count). The van der Waals surface area contributed by atoms with Crippen molar-refractivity contribution < 1.29 is 4.79 Å². The van der Waals surface area contributed by atoms with E-state index in [0.717, 1.165) is 25.2 Å². The van der Waals surface area contributed by atoms with Gasteiger partial charge in [0.1, 0.15) is 12.2 Å². The smallest absolute Gasteiger partial charge is 0.236 e. The van der Waals surface area contributed by atoms with Gasteiger partial charge in [0.2, 0.25) is 5.91 Å². The quantitative estimate of drug-likeness (QED) is 0.798. The minimum atomic E-state index is 0.0272. The van der Waals surface area contributed by atoms with Gasteiger partial charge in [-0.2, -0.15) is 0 Å². The molecule has 6 nitrogen and oxygen atoms in total. The summed E-state index contributed by atoms with van der Waals surface area (Å²) in [6.07, 6.45) is 3.97. The number of hydrogen-bond acceptors (Lipinski definition) is 4. The first-order valence-electron chi connectivity index (χ1n) is 6.50. The van der Waals surface area contributed by atoms with Crippen molar-refractivity contribution in [1.82, 2.24) is 25.0 Å². The number of aromatic nitrogens is 3. The SMILES string of the molecule is CCN(C(=O)CNC(C)c1nncn1C)C1CC1. The third-order valence-electron chi connectivity index (χ3n) is 3.34. The summed E-state index contributed by atoms with van der Waals surface area (Å²) in [5.41, 5.74) is 0. The summed E-state index contributed by atoms with van der Waals surface area (Å²) in [5, 5.41) is 11.1. The zero-order chi connectivity index (χ0) is 13.1. The number of carbonyl (C=O) groups is 1. The Bertz CT molecular complexity index is 412. The topological polar surface area (TPSA) is 63.1 Å². The average Bonchev–Trinajstić information content (AvgIpc) is 3.09. The van der Waals surface area contributed by atoms with Crippen LogP contribution in [0.3, 0.4) is 0 Å². The van der Waals surface area contributed by atoms with Gasteiger partial charge in [0.15, 0.2) is 0 Å². The lowest BCUT2D eigenvalue weighted by molar-refractivity contribution is -0.130. The van der Waals surface area contributed by atoms with Crippen molar-refractivity contribution in [3.63, 3.8) is 0 Å². The molecule has 1 saturated carbocycles. The van der Waals surface area contributed by atoms with E-state index in [0.29, 0.717) is 12.6 Å². The standard InChI is InChI=1S/C12H21N5O/c1-4-17(10-5-6-10)11(18)7-13-9(2)12-15-14-8-16(12)3/h8-10,13H,4-7H2,1-3H3. The van der Waals surface area contributed by atoms with Gasteiger partial charge < -0.3 is 9.47 Å². The summed E-state index contributed by atoms with van der Waals surface area (Å²) < 4.78 is 1.86. The summed E-state index contributed by atoms with van der Waals surface area (Å²) in [6.45, 7) is 5.18. The third-order valence-corrected chi connectivity index (χ3v) is 3.34. The van der Waals surface area contributed by atoms with Gasteiger partial charge in [-0.05, 0) is 26.7 Å². The number of likely N-dealkylation sites (N-methyl/N-ethyl adjacent to an activating group) is 1. The molecule has 0 spiro atoms. The molecule has 1 aliphatic rings. The lowest BCUT2D eigenvalue weighted by Crippen LogP contribution is -2.40. The maximum atomic E-state index is 12.0. The first-order valence-corrected chi connectivity index (χ1v) is 6.50. The van der Waals surface area contributed by atoms with Crippen molar-refractivity contribution in [3.05, 3.63) is 12.2 Å². The van der Waals surface area contributed by atoms with Gasteiger partial charge in [0.05, 0.1) is 12.6 Å². The van der Waals surface area contributed by atoms with E-state index in [1.165, 1.54) is 0 Å². The Hall–Kier alpha value is -1.43. The van der Waals surface area contributed by atoms with Gasteiger partial charge in [0.25, 0.3) is 0 Å². The Morgan fingerprint density at radius 2 is 2.39 bits per heavy atom. The predicted molar refractivity (Wildman–Crippen MR) is 67.8 cm³/mol. The van der Waals surface area contributed by atoms with Gasteiger partial charge in [-0.3, -0.25) is 10.1 Å². The summed E-state index contributed by atoms with van der Waals surface area (Å²) in [5.74, 6) is 1.02. The first-order chi connectivity index (χ1) is 8.63. The van der Waals surface area contributed by atoms with Crippen molar-refractivity contribution >= 4 is 5.91 Å². The molecule has 1 amide bonds. The largest absolute Gasteiger partial charge is 0.339 e. The molecule has 1 fully saturated rings. The van der Waals surface area contributed by atoms with E-state index >= 15 is 0 Å². The van der Waals surface area contributed by atoms with Gasteiger partial charge in [-0.15, -0.1) is 10.2 Å². The molecule has 1 N–H and O–H groups in total. The monoisotopic (exact) mass is 251 g/mol. The lowest BCUT2D eigenvalue weighted by Gasteiger charge is -2.21. The van der Waals surface area contributed by atoms with Gasteiger partial charge in [0, 0.05) is 19.6 Å². The van der Waals surface area contributed by atoms with Crippen molar-refractivity contribution in [2.75, 3.05) is 13.1 Å². The van der Waals surface area contributed by atoms with Gasteiger partial charge in [-0.25, -0.2) is 0 Å². The van der Waals surface area contributed by atoms with E-state index in [1.54, 1.807) is 6.33 Å². The molecule has 100 valence electrons. The maximum absolute atomic E-state index is 12.0. The Morgan fingerprint density at radius 3 is 2.89 bits per heavy atom. The van der Waals surface area contributed by atoms with Crippen LogP contribution in [0.1, 0.15) is 38.6 Å². The van der Waals surface area contributed by atoms with Crippen LogP contribution in [-0.4, -0.2) is 44.7 Å². The van der Waals surface area contributed by atoms with Crippen LogP contribution in [0.15, 0.2) is 6.33 Å². The van der Waals surface area contributed by atoms with Crippen molar-refractivity contribution in [2.45, 2.75) is 38.8 Å². The van der Waals surface area contributed by atoms with E-state index in [9.17, 15) is 4.79 Å². The molecular formula is C12H21N5O. The minimum Gasteiger partial charge on any atom is -0.339 e. The Morgan fingerprint density at radius 1 is 1.67 bits per heavy atom. The summed E-state index contributed by atoms with van der Waals surface area (Å²) in [4.78, 5) is 14.0. The normalized spacial score (nSPS) is 16.6. The molecule has 0 bridgehead atoms. The van der Waals surface area contributed by atoms with E-state index in [-0.39, 0.29) is 11.9 Å². The van der Waals surface area contributed by atoms with E-state index in [4.69, 9.17) is 0 Å². The molecule has 1 atom stereocenters. The fourth-order valence-electron chi connectivity index (χ4n) is 2.14. The molecule has 18 heavy (non-hydrogen) atoms. The second-order valence-corrected chi connectivity index (χ2v) is 4.81. The number of hydrogen-bond donors (Lipinski definition) is 1. The van der Waals surface area contributed by atoms with Crippen molar-refractivity contribution in [2.24, 2.45) is 7.05 Å². The van der Waals surface area contributed by atoms with Gasteiger partial charge in [-0.1, -0.05) is 0 Å². The highest BCUT2D eigenvalue weighted by Gasteiger charge is 2.31. The summed E-state index contributed by atoms with van der Waals surface area (Å²) >= 11 is 0. The van der Waals surface area contributed by atoms with Crippen LogP contribution in [0.2, 0.25) is 0 Å². The average molecular weight is 251 g/mol. The molecule has 0 aliphatic heterocycles. The van der Waals surface area contributed by atoms with Crippen LogP contribution in [0.4, 0.5) is 0 Å². The van der Waals surface area contributed by atoms with Crippen LogP contribution < -0.4 is 5.32 Å². The minimum absolute atomic E-state index is 0.0272. The zero-order valence-electron chi connectivity index (χ0n) is 11.3. The Kier molecular flexibility index (Phi) is 3.96. The second-order valence-electron chi connectivity index (χ2n) is 4.81. The molecular weight excluding hydrogens is 230 g/mol. The number of carbonyl (C=O) groups excluding carboxylic acids is 1. The van der Waals surface area contributed by atoms with Crippen molar-refractivity contribution in [3.8, 4) is 0 Å². The molecule has 1 heterocycles. The highest BCUT2D eigenvalue weighted by Crippen LogP contribution is 2.26. The van der Waals surface area contributed by atoms with E-state index < -0.39 is 0 Å².